The summed E-state index contributed by atoms with van der Waals surface area (Å²) in [5.41, 5.74) is 4.49. The van der Waals surface area contributed by atoms with E-state index in [1.54, 1.807) is 0 Å². The van der Waals surface area contributed by atoms with E-state index in [4.69, 9.17) is 4.98 Å². The van der Waals surface area contributed by atoms with Gasteiger partial charge in [0.2, 0.25) is 0 Å². The summed E-state index contributed by atoms with van der Waals surface area (Å²) in [5.74, 6) is 2.27. The number of aliphatic hydroxyl groups is 1. The minimum absolute atomic E-state index is 0.118. The minimum Gasteiger partial charge on any atom is -0.391 e. The molecule has 3 aromatic rings. The molecule has 0 unspecified atom stereocenters. The third-order valence-electron chi connectivity index (χ3n) is 6.77. The van der Waals surface area contributed by atoms with E-state index in [0.29, 0.717) is 11.8 Å². The summed E-state index contributed by atoms with van der Waals surface area (Å²) in [4.78, 5) is 15.2. The first-order valence-electron chi connectivity index (χ1n) is 10.5. The number of nitrogens with one attached hydrogen (secondary N) is 1. The number of likely N-dealkylation sites (tertiary alicyclic amines) is 1. The smallest absolute Gasteiger partial charge is 0.106 e. The maximum absolute atomic E-state index is 10.9. The molecule has 148 valence electrons. The predicted octanol–water partition coefficient (Wildman–Crippen LogP) is 3.07. The molecule has 2 fully saturated rings. The molecule has 28 heavy (non-hydrogen) atoms. The number of aryl methyl sites for hydroxylation is 2. The molecule has 2 N–H and O–H groups in total. The number of benzene rings is 1. The Bertz CT molecular complexity index is 976. The second kappa shape index (κ2) is 7.01. The monoisotopic (exact) mass is 379 g/mol. The van der Waals surface area contributed by atoms with Crippen molar-refractivity contribution in [3.8, 4) is 0 Å². The second-order valence-electron chi connectivity index (χ2n) is 8.57. The highest BCUT2D eigenvalue weighted by Crippen LogP contribution is 2.42. The van der Waals surface area contributed by atoms with Crippen LogP contribution >= 0.6 is 0 Å². The largest absolute Gasteiger partial charge is 0.391 e. The first-order valence-corrected chi connectivity index (χ1v) is 10.5. The van der Waals surface area contributed by atoms with E-state index in [-0.39, 0.29) is 12.1 Å². The number of nitrogens with zero attached hydrogens (tertiary/aromatic N) is 4. The van der Waals surface area contributed by atoms with E-state index in [1.165, 1.54) is 11.4 Å². The Morgan fingerprint density at radius 3 is 2.75 bits per heavy atom. The lowest BCUT2D eigenvalue weighted by Crippen LogP contribution is -2.36. The molecule has 1 saturated heterocycles. The van der Waals surface area contributed by atoms with Crippen LogP contribution in [0.4, 0.5) is 0 Å². The van der Waals surface area contributed by atoms with Gasteiger partial charge in [-0.2, -0.15) is 0 Å². The zero-order chi connectivity index (χ0) is 19.3. The Labute approximate surface area is 165 Å². The highest BCUT2D eigenvalue weighted by atomic mass is 16.3. The number of H-pyrrole nitrogens is 1. The van der Waals surface area contributed by atoms with Crippen molar-refractivity contribution < 1.29 is 5.11 Å². The van der Waals surface area contributed by atoms with Gasteiger partial charge in [-0.05, 0) is 43.7 Å². The van der Waals surface area contributed by atoms with Gasteiger partial charge in [-0.1, -0.05) is 19.1 Å². The van der Waals surface area contributed by atoms with Crippen LogP contribution in [0.3, 0.4) is 0 Å². The molecule has 2 aromatic heterocycles. The van der Waals surface area contributed by atoms with Gasteiger partial charge < -0.3 is 14.7 Å². The van der Waals surface area contributed by atoms with Gasteiger partial charge in [0.05, 0.1) is 35.2 Å². The molecule has 0 radical (unpaired) electrons. The summed E-state index contributed by atoms with van der Waals surface area (Å²) in [6.45, 7) is 7.31. The quantitative estimate of drug-likeness (QED) is 0.731. The second-order valence-corrected chi connectivity index (χ2v) is 8.57. The van der Waals surface area contributed by atoms with Gasteiger partial charge in [-0.15, -0.1) is 0 Å². The Balaban J connectivity index is 1.32. The lowest BCUT2D eigenvalue weighted by Gasteiger charge is -2.36. The van der Waals surface area contributed by atoms with Crippen LogP contribution in [0, 0.1) is 18.8 Å². The van der Waals surface area contributed by atoms with E-state index >= 15 is 0 Å². The normalized spacial score (nSPS) is 28.1. The molecule has 6 nitrogen and oxygen atoms in total. The molecule has 0 amide bonds. The maximum atomic E-state index is 10.9. The van der Waals surface area contributed by atoms with E-state index in [2.05, 4.69) is 39.3 Å². The van der Waals surface area contributed by atoms with Crippen molar-refractivity contribution in [1.82, 2.24) is 24.4 Å². The predicted molar refractivity (Wildman–Crippen MR) is 109 cm³/mol. The third kappa shape index (κ3) is 3.05. The van der Waals surface area contributed by atoms with E-state index in [1.807, 2.05) is 24.5 Å². The molecule has 5 rings (SSSR count). The van der Waals surface area contributed by atoms with Crippen LogP contribution in [0.25, 0.3) is 11.0 Å². The number of rotatable bonds is 4. The summed E-state index contributed by atoms with van der Waals surface area (Å²) < 4.78 is 2.20. The van der Waals surface area contributed by atoms with Crippen molar-refractivity contribution in [3.05, 3.63) is 47.8 Å². The molecule has 3 heterocycles. The van der Waals surface area contributed by atoms with E-state index in [9.17, 15) is 5.11 Å². The fraction of sp³-hybridized carbons (Fsp3) is 0.545. The molecule has 1 aliphatic carbocycles. The molecule has 1 saturated carbocycles. The summed E-state index contributed by atoms with van der Waals surface area (Å²) in [6, 6.07) is 8.33. The molecule has 1 aliphatic heterocycles. The standard InChI is InChI=1S/C22H29N5O/c1-3-22-24-14(2)18(25-22)12-26-10-15-8-20(21(28)9-16(15)11-26)27-13-23-17-6-4-5-7-19(17)27/h4-7,13,15-16,20-21,28H,3,8-12H2,1-2H3,(H,24,25)/t15-,16+,20-,21-/m1/s1. The summed E-state index contributed by atoms with van der Waals surface area (Å²) in [6.07, 6.45) is 4.43. The van der Waals surface area contributed by atoms with Gasteiger partial charge >= 0.3 is 0 Å². The Hall–Kier alpha value is -2.18. The van der Waals surface area contributed by atoms with Gasteiger partial charge in [0.25, 0.3) is 0 Å². The molecule has 0 spiro atoms. The summed E-state index contributed by atoms with van der Waals surface area (Å²) in [7, 11) is 0. The van der Waals surface area contributed by atoms with Gasteiger partial charge in [0.15, 0.2) is 0 Å². The van der Waals surface area contributed by atoms with Gasteiger partial charge in [0.1, 0.15) is 5.82 Å². The van der Waals surface area contributed by atoms with Gasteiger partial charge in [-0.3, -0.25) is 4.90 Å². The molecule has 6 heteroatoms. The van der Waals surface area contributed by atoms with Crippen LogP contribution in [-0.2, 0) is 13.0 Å². The average molecular weight is 380 g/mol. The summed E-state index contributed by atoms with van der Waals surface area (Å²) in [5, 5.41) is 10.9. The molecular formula is C22H29N5O. The zero-order valence-corrected chi connectivity index (χ0v) is 16.7. The van der Waals surface area contributed by atoms with E-state index in [0.717, 1.165) is 55.8 Å². The minimum atomic E-state index is -0.308. The van der Waals surface area contributed by atoms with Crippen molar-refractivity contribution in [2.24, 2.45) is 11.8 Å². The van der Waals surface area contributed by atoms with Crippen LogP contribution in [0.1, 0.15) is 43.0 Å². The SMILES string of the molecule is CCc1nc(CN2C[C@H]3C[C@@H](n4cnc5ccccc54)[C@H](O)C[C@H]3C2)c(C)[nH]1. The zero-order valence-electron chi connectivity index (χ0n) is 16.7. The Morgan fingerprint density at radius 2 is 1.96 bits per heavy atom. The number of aliphatic hydroxyl groups excluding tert-OH is 1. The van der Waals surface area contributed by atoms with E-state index < -0.39 is 0 Å². The lowest BCUT2D eigenvalue weighted by molar-refractivity contribution is 0.0374. The number of hydrogen-bond acceptors (Lipinski definition) is 4. The van der Waals surface area contributed by atoms with Crippen molar-refractivity contribution in [1.29, 1.82) is 0 Å². The number of hydrogen-bond donors (Lipinski definition) is 2. The highest BCUT2D eigenvalue weighted by Gasteiger charge is 2.42. The van der Waals surface area contributed by atoms with Crippen molar-refractivity contribution in [2.75, 3.05) is 13.1 Å². The van der Waals surface area contributed by atoms with Crippen LogP contribution < -0.4 is 0 Å². The third-order valence-corrected chi connectivity index (χ3v) is 6.77. The average Bonchev–Trinajstić information content (AvgIpc) is 3.38. The van der Waals surface area contributed by atoms with Gasteiger partial charge in [-0.25, -0.2) is 9.97 Å². The van der Waals surface area contributed by atoms with Crippen molar-refractivity contribution in [3.63, 3.8) is 0 Å². The van der Waals surface area contributed by atoms with Crippen molar-refractivity contribution in [2.45, 2.75) is 51.8 Å². The van der Waals surface area contributed by atoms with Crippen LogP contribution in [0.2, 0.25) is 0 Å². The molecule has 1 aromatic carbocycles. The number of para-hydroxylation sites is 2. The molecule has 0 bridgehead atoms. The van der Waals surface area contributed by atoms with Crippen LogP contribution in [-0.4, -0.2) is 48.7 Å². The summed E-state index contributed by atoms with van der Waals surface area (Å²) >= 11 is 0. The number of imidazole rings is 2. The highest BCUT2D eigenvalue weighted by molar-refractivity contribution is 5.75. The van der Waals surface area contributed by atoms with Crippen molar-refractivity contribution >= 4 is 11.0 Å². The molecule has 4 atom stereocenters. The first kappa shape index (κ1) is 17.9. The molecule has 2 aliphatic rings. The fourth-order valence-corrected chi connectivity index (χ4v) is 5.27. The Morgan fingerprint density at radius 1 is 1.18 bits per heavy atom. The number of aromatic amines is 1. The lowest BCUT2D eigenvalue weighted by atomic mass is 9.77. The van der Waals surface area contributed by atoms with Crippen LogP contribution in [0.15, 0.2) is 30.6 Å². The maximum Gasteiger partial charge on any atom is 0.106 e. The topological polar surface area (TPSA) is 70.0 Å². The molecular weight excluding hydrogens is 350 g/mol. The Kier molecular flexibility index (Phi) is 4.48. The fourth-order valence-electron chi connectivity index (χ4n) is 5.27. The van der Waals surface area contributed by atoms with Gasteiger partial charge in [0, 0.05) is 31.7 Å². The number of aromatic nitrogens is 4. The van der Waals surface area contributed by atoms with Crippen LogP contribution in [0.5, 0.6) is 0 Å². The first-order chi connectivity index (χ1) is 13.6. The number of fused-ring (bicyclic) bond motifs is 2.